The van der Waals surface area contributed by atoms with Crippen molar-refractivity contribution in [3.63, 3.8) is 0 Å². The van der Waals surface area contributed by atoms with Crippen LogP contribution >= 0.6 is 11.8 Å². The number of aromatic amines is 1. The highest BCUT2D eigenvalue weighted by Crippen LogP contribution is 2.20. The third-order valence-corrected chi connectivity index (χ3v) is 1.87. The molecule has 12 heavy (non-hydrogen) atoms. The summed E-state index contributed by atoms with van der Waals surface area (Å²) in [6.07, 6.45) is 0. The number of rotatable bonds is 3. The molecule has 0 aliphatic carbocycles. The molecule has 0 atom stereocenters. The molecule has 1 aromatic rings. The Labute approximate surface area is 70.2 Å². The number of anilines is 1. The predicted molar refractivity (Wildman–Crippen MR) is 40.6 cm³/mol. The van der Waals surface area contributed by atoms with Crippen molar-refractivity contribution in [1.29, 1.82) is 0 Å². The smallest absolute Gasteiger partial charge is 0.448 e. The highest BCUT2D eigenvalue weighted by molar-refractivity contribution is 8.00. The van der Waals surface area contributed by atoms with Crippen molar-refractivity contribution in [1.82, 2.24) is 15.2 Å². The Bertz CT molecular complexity index is 260. The highest BCUT2D eigenvalue weighted by atomic mass is 32.2. The quantitative estimate of drug-likeness (QED) is 0.557. The summed E-state index contributed by atoms with van der Waals surface area (Å²) in [4.78, 5) is 3.50. The lowest BCUT2D eigenvalue weighted by Crippen LogP contribution is -2.19. The van der Waals surface area contributed by atoms with Crippen LogP contribution in [0.2, 0.25) is 0 Å². The minimum atomic E-state index is -4.79. The fourth-order valence-corrected chi connectivity index (χ4v) is 1.10. The second-order valence-corrected chi connectivity index (χ2v) is 3.01. The first kappa shape index (κ1) is 9.23. The molecule has 0 spiro atoms. The second-order valence-electron chi connectivity index (χ2n) is 2.02. The summed E-state index contributed by atoms with van der Waals surface area (Å²) in [5, 5.41) is 5.69. The van der Waals surface area contributed by atoms with Gasteiger partial charge in [-0.05, 0) is 5.65 Å². The number of hydrogen-bond acceptors (Lipinski definition) is 4. The Hall–Kier alpha value is -0.855. The SMILES string of the molecule is Nc1nc(SC[B-](F)(F)F)n[nH]1. The van der Waals surface area contributed by atoms with Crippen molar-refractivity contribution in [3.8, 4) is 0 Å². The topological polar surface area (TPSA) is 67.6 Å². The minimum Gasteiger partial charge on any atom is -0.448 e. The molecule has 0 fully saturated rings. The van der Waals surface area contributed by atoms with Crippen LogP contribution in [0.15, 0.2) is 5.16 Å². The molecule has 1 heterocycles. The van der Waals surface area contributed by atoms with E-state index in [2.05, 4.69) is 15.2 Å². The van der Waals surface area contributed by atoms with Crippen molar-refractivity contribution in [3.05, 3.63) is 0 Å². The first-order valence-corrected chi connectivity index (χ1v) is 3.97. The zero-order valence-corrected chi connectivity index (χ0v) is 6.61. The number of nitrogens with two attached hydrogens (primary N) is 1. The standard InChI is InChI=1S/C3H5BF3N4S/c5-4(6,7)1-12-3-9-2(8)10-11-3/h1H2,(H3,8,9,10,11)/q-1. The van der Waals surface area contributed by atoms with E-state index in [1.165, 1.54) is 0 Å². The summed E-state index contributed by atoms with van der Waals surface area (Å²) in [6, 6.07) is 0. The molecule has 0 aliphatic heterocycles. The van der Waals surface area contributed by atoms with Gasteiger partial charge in [0, 0.05) is 0 Å². The van der Waals surface area contributed by atoms with Gasteiger partial charge in [0.2, 0.25) is 11.1 Å². The zero-order chi connectivity index (χ0) is 9.19. The average Bonchev–Trinajstić information content (AvgIpc) is 2.30. The number of halogens is 3. The molecule has 0 amide bonds. The fraction of sp³-hybridized carbons (Fsp3) is 0.333. The van der Waals surface area contributed by atoms with Crippen molar-refractivity contribution in [2.45, 2.75) is 5.16 Å². The first-order valence-electron chi connectivity index (χ1n) is 2.99. The Kier molecular flexibility index (Phi) is 2.50. The normalized spacial score (nSPS) is 11.9. The lowest BCUT2D eigenvalue weighted by Gasteiger charge is -2.10. The van der Waals surface area contributed by atoms with Gasteiger partial charge in [-0.2, -0.15) is 4.98 Å². The van der Waals surface area contributed by atoms with Gasteiger partial charge in [-0.3, -0.25) is 0 Å². The van der Waals surface area contributed by atoms with Crippen LogP contribution in [-0.4, -0.2) is 27.8 Å². The molecule has 0 aliphatic rings. The molecule has 0 aromatic carbocycles. The Morgan fingerprint density at radius 3 is 2.58 bits per heavy atom. The molecule has 68 valence electrons. The molecule has 0 bridgehead atoms. The Balaban J connectivity index is 2.44. The summed E-state index contributed by atoms with van der Waals surface area (Å²) >= 11 is 0.517. The second kappa shape index (κ2) is 3.25. The van der Waals surface area contributed by atoms with Gasteiger partial charge >= 0.3 is 6.98 Å². The van der Waals surface area contributed by atoms with Crippen LogP contribution in [0.25, 0.3) is 0 Å². The van der Waals surface area contributed by atoms with Gasteiger partial charge in [-0.1, -0.05) is 0 Å². The van der Waals surface area contributed by atoms with E-state index in [1.807, 2.05) is 0 Å². The predicted octanol–water partition coefficient (Wildman–Crippen LogP) is 0.866. The first-order chi connectivity index (χ1) is 5.47. The maximum atomic E-state index is 11.7. The van der Waals surface area contributed by atoms with Gasteiger partial charge in [0.15, 0.2) is 0 Å². The van der Waals surface area contributed by atoms with Crippen molar-refractivity contribution >= 4 is 24.7 Å². The molecule has 0 unspecified atom stereocenters. The number of H-pyrrole nitrogens is 1. The van der Waals surface area contributed by atoms with E-state index in [9.17, 15) is 12.9 Å². The largest absolute Gasteiger partial charge is 0.488 e. The lowest BCUT2D eigenvalue weighted by atomic mass is 9.98. The summed E-state index contributed by atoms with van der Waals surface area (Å²) in [6.45, 7) is -4.79. The number of hydrogen-bond donors (Lipinski definition) is 2. The van der Waals surface area contributed by atoms with E-state index in [0.717, 1.165) is 0 Å². The lowest BCUT2D eigenvalue weighted by molar-refractivity contribution is 0.485. The van der Waals surface area contributed by atoms with Gasteiger partial charge in [0.25, 0.3) is 0 Å². The summed E-state index contributed by atoms with van der Waals surface area (Å²) in [5.41, 5.74) is 4.15. The van der Waals surface area contributed by atoms with E-state index in [1.54, 1.807) is 0 Å². The summed E-state index contributed by atoms with van der Waals surface area (Å²) < 4.78 is 35.1. The van der Waals surface area contributed by atoms with Crippen molar-refractivity contribution in [2.75, 3.05) is 11.4 Å². The average molecular weight is 197 g/mol. The number of nitrogen functional groups attached to an aromatic ring is 1. The molecule has 3 N–H and O–H groups in total. The fourth-order valence-electron chi connectivity index (χ4n) is 0.492. The van der Waals surface area contributed by atoms with E-state index in [-0.39, 0.29) is 11.1 Å². The number of nitrogens with one attached hydrogen (secondary N) is 1. The van der Waals surface area contributed by atoms with Crippen molar-refractivity contribution < 1.29 is 12.9 Å². The molecule has 1 aromatic heterocycles. The van der Waals surface area contributed by atoms with Crippen LogP contribution in [0.4, 0.5) is 18.9 Å². The van der Waals surface area contributed by atoms with Crippen LogP contribution in [0.5, 0.6) is 0 Å². The van der Waals surface area contributed by atoms with E-state index in [0.29, 0.717) is 11.8 Å². The van der Waals surface area contributed by atoms with Gasteiger partial charge in [-0.25, -0.2) is 5.10 Å². The zero-order valence-electron chi connectivity index (χ0n) is 5.80. The molecule has 0 saturated carbocycles. The van der Waals surface area contributed by atoms with E-state index >= 15 is 0 Å². The maximum Gasteiger partial charge on any atom is 0.488 e. The third kappa shape index (κ3) is 3.03. The molecular weight excluding hydrogens is 192 g/mol. The number of nitrogens with zero attached hydrogens (tertiary/aromatic N) is 2. The number of aromatic nitrogens is 3. The van der Waals surface area contributed by atoms with Gasteiger partial charge < -0.3 is 18.7 Å². The molecule has 1 rings (SSSR count). The van der Waals surface area contributed by atoms with Gasteiger partial charge in [0.05, 0.1) is 0 Å². The molecular formula is C3H5BF3N4S-. The molecule has 4 nitrogen and oxygen atoms in total. The molecule has 0 radical (unpaired) electrons. The van der Waals surface area contributed by atoms with Gasteiger partial charge in [0.1, 0.15) is 0 Å². The van der Waals surface area contributed by atoms with Crippen LogP contribution in [0.3, 0.4) is 0 Å². The summed E-state index contributed by atoms with van der Waals surface area (Å²) in [7, 11) is 0. The Morgan fingerprint density at radius 1 is 1.50 bits per heavy atom. The highest BCUT2D eigenvalue weighted by Gasteiger charge is 2.23. The minimum absolute atomic E-state index is 0.0201. The monoisotopic (exact) mass is 197 g/mol. The van der Waals surface area contributed by atoms with E-state index < -0.39 is 12.6 Å². The van der Waals surface area contributed by atoms with Crippen LogP contribution < -0.4 is 5.73 Å². The molecule has 0 saturated heterocycles. The van der Waals surface area contributed by atoms with Crippen molar-refractivity contribution in [2.24, 2.45) is 0 Å². The third-order valence-electron chi connectivity index (χ3n) is 0.884. The van der Waals surface area contributed by atoms with Crippen LogP contribution in [0.1, 0.15) is 0 Å². The summed E-state index contributed by atoms with van der Waals surface area (Å²) in [5.74, 6) is 0.0205. The molecule has 9 heteroatoms. The maximum absolute atomic E-state index is 11.7. The van der Waals surface area contributed by atoms with E-state index in [4.69, 9.17) is 5.73 Å². The number of thioether (sulfide) groups is 1. The van der Waals surface area contributed by atoms with Crippen LogP contribution in [-0.2, 0) is 0 Å². The van der Waals surface area contributed by atoms with Crippen LogP contribution in [0, 0.1) is 0 Å². The van der Waals surface area contributed by atoms with Gasteiger partial charge in [-0.15, -0.1) is 16.9 Å². The Morgan fingerprint density at radius 2 is 2.17 bits per heavy atom.